The molecule has 0 radical (unpaired) electrons. The van der Waals surface area contributed by atoms with E-state index in [9.17, 15) is 12.3 Å². The molecule has 0 atom stereocenters. The Hall–Kier alpha value is -1.10. The summed E-state index contributed by atoms with van der Waals surface area (Å²) in [4.78, 5) is 0. The van der Waals surface area contributed by atoms with Gasteiger partial charge < -0.3 is 5.11 Å². The standard InChI is InChI=1S/C8H9FO3S/c9-13(11,12)5-4-7-2-1-3-8(10)6-7/h1-3,6,10H,4-5H2. The fourth-order valence-electron chi connectivity index (χ4n) is 0.952. The summed E-state index contributed by atoms with van der Waals surface area (Å²) >= 11 is 0. The van der Waals surface area contributed by atoms with Crippen molar-refractivity contribution < 1.29 is 17.4 Å². The zero-order valence-corrected chi connectivity index (χ0v) is 7.59. The van der Waals surface area contributed by atoms with Gasteiger partial charge in [-0.1, -0.05) is 12.1 Å². The van der Waals surface area contributed by atoms with E-state index in [2.05, 4.69) is 0 Å². The van der Waals surface area contributed by atoms with E-state index in [-0.39, 0.29) is 12.2 Å². The van der Waals surface area contributed by atoms with Crippen LogP contribution in [0.1, 0.15) is 5.56 Å². The number of hydrogen-bond donors (Lipinski definition) is 1. The molecule has 72 valence electrons. The lowest BCUT2D eigenvalue weighted by Crippen LogP contribution is -2.01. The predicted octanol–water partition coefficient (Wildman–Crippen LogP) is 1.23. The van der Waals surface area contributed by atoms with Crippen LogP contribution in [0.25, 0.3) is 0 Å². The molecule has 0 amide bonds. The quantitative estimate of drug-likeness (QED) is 0.753. The van der Waals surface area contributed by atoms with Gasteiger partial charge in [0, 0.05) is 0 Å². The van der Waals surface area contributed by atoms with Crippen LogP contribution in [0.4, 0.5) is 3.89 Å². The van der Waals surface area contributed by atoms with Crippen molar-refractivity contribution in [2.45, 2.75) is 6.42 Å². The van der Waals surface area contributed by atoms with Crippen LogP contribution in [0.3, 0.4) is 0 Å². The van der Waals surface area contributed by atoms with Crippen LogP contribution in [0, 0.1) is 0 Å². The molecule has 5 heteroatoms. The fraction of sp³-hybridized carbons (Fsp3) is 0.250. The monoisotopic (exact) mass is 204 g/mol. The van der Waals surface area contributed by atoms with Crippen LogP contribution in [0.5, 0.6) is 5.75 Å². The summed E-state index contributed by atoms with van der Waals surface area (Å²) in [7, 11) is -4.42. The second-order valence-electron chi connectivity index (χ2n) is 2.66. The molecule has 1 aromatic rings. The minimum Gasteiger partial charge on any atom is -0.508 e. The van der Waals surface area contributed by atoms with Crippen molar-refractivity contribution in [2.24, 2.45) is 0 Å². The Balaban J connectivity index is 2.65. The lowest BCUT2D eigenvalue weighted by molar-refractivity contribution is 0.474. The van der Waals surface area contributed by atoms with Crippen molar-refractivity contribution in [1.29, 1.82) is 0 Å². The molecule has 0 aliphatic heterocycles. The normalized spacial score (nSPS) is 11.5. The largest absolute Gasteiger partial charge is 0.508 e. The molecule has 0 aliphatic carbocycles. The number of aromatic hydroxyl groups is 1. The van der Waals surface area contributed by atoms with Gasteiger partial charge in [0.15, 0.2) is 0 Å². The van der Waals surface area contributed by atoms with Gasteiger partial charge in [0.1, 0.15) is 5.75 Å². The lowest BCUT2D eigenvalue weighted by atomic mass is 10.2. The summed E-state index contributed by atoms with van der Waals surface area (Å²) in [6.45, 7) is 0. The lowest BCUT2D eigenvalue weighted by Gasteiger charge is -1.98. The number of hydrogen-bond acceptors (Lipinski definition) is 3. The molecule has 0 bridgehead atoms. The smallest absolute Gasteiger partial charge is 0.302 e. The van der Waals surface area contributed by atoms with Gasteiger partial charge in [-0.15, -0.1) is 3.89 Å². The molecule has 0 saturated heterocycles. The minimum atomic E-state index is -4.42. The summed E-state index contributed by atoms with van der Waals surface area (Å²) in [6, 6.07) is 6.08. The van der Waals surface area contributed by atoms with Crippen LogP contribution in [0.2, 0.25) is 0 Å². The first kappa shape index (κ1) is 9.98. The third-order valence-corrected chi connectivity index (χ3v) is 2.24. The molecule has 13 heavy (non-hydrogen) atoms. The van der Waals surface area contributed by atoms with Crippen molar-refractivity contribution in [1.82, 2.24) is 0 Å². The van der Waals surface area contributed by atoms with Gasteiger partial charge in [-0.05, 0) is 24.1 Å². The highest BCUT2D eigenvalue weighted by Gasteiger charge is 2.07. The summed E-state index contributed by atoms with van der Waals surface area (Å²) in [6.07, 6.45) is 0.0766. The van der Waals surface area contributed by atoms with Gasteiger partial charge in [-0.25, -0.2) is 0 Å². The predicted molar refractivity (Wildman–Crippen MR) is 46.7 cm³/mol. The van der Waals surface area contributed by atoms with Crippen molar-refractivity contribution in [3.8, 4) is 5.75 Å². The van der Waals surface area contributed by atoms with Gasteiger partial charge in [0.05, 0.1) is 5.75 Å². The highest BCUT2D eigenvalue weighted by atomic mass is 32.3. The van der Waals surface area contributed by atoms with Crippen molar-refractivity contribution in [2.75, 3.05) is 5.75 Å². The summed E-state index contributed by atoms with van der Waals surface area (Å²) in [5.74, 6) is -0.495. The molecular weight excluding hydrogens is 195 g/mol. The number of phenolic OH excluding ortho intramolecular Hbond substituents is 1. The Labute approximate surface area is 76.0 Å². The number of aryl methyl sites for hydroxylation is 1. The SMILES string of the molecule is O=S(=O)(F)CCc1cccc(O)c1. The van der Waals surface area contributed by atoms with Gasteiger partial charge in [-0.3, -0.25) is 0 Å². The van der Waals surface area contributed by atoms with Gasteiger partial charge in [0.2, 0.25) is 0 Å². The highest BCUT2D eigenvalue weighted by Crippen LogP contribution is 2.12. The third kappa shape index (κ3) is 3.89. The van der Waals surface area contributed by atoms with Crippen LogP contribution in [-0.2, 0) is 16.6 Å². The first-order valence-corrected chi connectivity index (χ1v) is 5.23. The average Bonchev–Trinajstić information content (AvgIpc) is 2.00. The highest BCUT2D eigenvalue weighted by molar-refractivity contribution is 7.86. The number of rotatable bonds is 3. The third-order valence-electron chi connectivity index (χ3n) is 1.55. The summed E-state index contributed by atoms with van der Waals surface area (Å²) in [5, 5.41) is 9.00. The van der Waals surface area contributed by atoms with Crippen molar-refractivity contribution in [3.63, 3.8) is 0 Å². The Bertz CT molecular complexity index is 386. The molecule has 0 spiro atoms. The minimum absolute atomic E-state index is 0.0498. The molecule has 0 aromatic heterocycles. The van der Waals surface area contributed by atoms with Gasteiger partial charge >= 0.3 is 10.2 Å². The molecule has 0 unspecified atom stereocenters. The second kappa shape index (κ2) is 3.74. The molecular formula is C8H9FO3S. The number of phenols is 1. The fourth-order valence-corrected chi connectivity index (χ4v) is 1.43. The van der Waals surface area contributed by atoms with Crippen LogP contribution in [0.15, 0.2) is 24.3 Å². The maximum absolute atomic E-state index is 12.1. The van der Waals surface area contributed by atoms with E-state index in [1.54, 1.807) is 12.1 Å². The molecule has 0 heterocycles. The van der Waals surface area contributed by atoms with Crippen molar-refractivity contribution >= 4 is 10.2 Å². The van der Waals surface area contributed by atoms with Crippen LogP contribution in [-0.4, -0.2) is 19.3 Å². The van der Waals surface area contributed by atoms with Gasteiger partial charge in [-0.2, -0.15) is 8.42 Å². The molecule has 0 fully saturated rings. The first-order chi connectivity index (χ1) is 5.97. The number of halogens is 1. The first-order valence-electron chi connectivity index (χ1n) is 3.67. The molecule has 1 aromatic carbocycles. The molecule has 1 rings (SSSR count). The Morgan fingerprint density at radius 1 is 1.38 bits per heavy atom. The van der Waals surface area contributed by atoms with E-state index >= 15 is 0 Å². The molecule has 3 nitrogen and oxygen atoms in total. The Kier molecular flexibility index (Phi) is 2.87. The molecule has 0 aliphatic rings. The topological polar surface area (TPSA) is 54.4 Å². The average molecular weight is 204 g/mol. The Morgan fingerprint density at radius 2 is 2.08 bits per heavy atom. The molecule has 1 N–H and O–H groups in total. The van der Waals surface area contributed by atoms with E-state index in [1.165, 1.54) is 12.1 Å². The molecule has 0 saturated carbocycles. The summed E-state index contributed by atoms with van der Waals surface area (Å²) < 4.78 is 32.4. The van der Waals surface area contributed by atoms with E-state index in [0.717, 1.165) is 0 Å². The van der Waals surface area contributed by atoms with Gasteiger partial charge in [0.25, 0.3) is 0 Å². The Morgan fingerprint density at radius 3 is 2.62 bits per heavy atom. The maximum atomic E-state index is 12.1. The van der Waals surface area contributed by atoms with Crippen molar-refractivity contribution in [3.05, 3.63) is 29.8 Å². The summed E-state index contributed by atoms with van der Waals surface area (Å²) in [5.41, 5.74) is 0.598. The van der Waals surface area contributed by atoms with Crippen LogP contribution >= 0.6 is 0 Å². The maximum Gasteiger partial charge on any atom is 0.302 e. The van der Waals surface area contributed by atoms with Crippen LogP contribution < -0.4 is 0 Å². The van der Waals surface area contributed by atoms with E-state index in [4.69, 9.17) is 5.11 Å². The van der Waals surface area contributed by atoms with E-state index in [1.807, 2.05) is 0 Å². The zero-order valence-electron chi connectivity index (χ0n) is 6.77. The second-order valence-corrected chi connectivity index (χ2v) is 4.15. The zero-order chi connectivity index (χ0) is 9.90. The van der Waals surface area contributed by atoms with E-state index < -0.39 is 16.0 Å². The van der Waals surface area contributed by atoms with E-state index in [0.29, 0.717) is 5.56 Å². The number of benzene rings is 1.